The summed E-state index contributed by atoms with van der Waals surface area (Å²) in [5, 5.41) is 0. The highest BCUT2D eigenvalue weighted by Gasteiger charge is 2.17. The summed E-state index contributed by atoms with van der Waals surface area (Å²) in [6, 6.07) is 6.11. The quantitative estimate of drug-likeness (QED) is 0.828. The number of nitrogens with zero attached hydrogens (tertiary/aromatic N) is 6. The largest absolute Gasteiger partial charge is 0.347 e. The van der Waals surface area contributed by atoms with Crippen LogP contribution in [-0.2, 0) is 13.1 Å². The van der Waals surface area contributed by atoms with Gasteiger partial charge in [0, 0.05) is 77.5 Å². The number of hydrogen-bond acceptors (Lipinski definition) is 6. The normalized spacial score (nSPS) is 16.4. The van der Waals surface area contributed by atoms with Crippen LogP contribution in [0.2, 0.25) is 0 Å². The van der Waals surface area contributed by atoms with Gasteiger partial charge in [-0.1, -0.05) is 6.07 Å². The second kappa shape index (κ2) is 7.48. The van der Waals surface area contributed by atoms with Crippen LogP contribution in [0.25, 0.3) is 0 Å². The van der Waals surface area contributed by atoms with E-state index in [-0.39, 0.29) is 0 Å². The summed E-state index contributed by atoms with van der Waals surface area (Å²) >= 11 is 0. The molecule has 1 saturated heterocycles. The number of aromatic nitrogens is 3. The van der Waals surface area contributed by atoms with Gasteiger partial charge in [0.2, 0.25) is 5.95 Å². The van der Waals surface area contributed by atoms with Crippen molar-refractivity contribution in [1.29, 1.82) is 0 Å². The smallest absolute Gasteiger partial charge is 0.224 e. The molecule has 1 aliphatic rings. The molecule has 0 amide bonds. The molecular weight excluding hydrogens is 288 g/mol. The average Bonchev–Trinajstić information content (AvgIpc) is 2.58. The lowest BCUT2D eigenvalue weighted by Gasteiger charge is -2.34. The SMILES string of the molecule is CN(C)c1ncc(CN2CCN(Cc3ccccn3)CC2)cn1. The van der Waals surface area contributed by atoms with Crippen molar-refractivity contribution in [3.8, 4) is 0 Å². The molecule has 1 fully saturated rings. The van der Waals surface area contributed by atoms with Crippen LogP contribution >= 0.6 is 0 Å². The van der Waals surface area contributed by atoms with E-state index < -0.39 is 0 Å². The van der Waals surface area contributed by atoms with E-state index >= 15 is 0 Å². The lowest BCUT2D eigenvalue weighted by molar-refractivity contribution is 0.121. The van der Waals surface area contributed by atoms with Crippen molar-refractivity contribution < 1.29 is 0 Å². The van der Waals surface area contributed by atoms with E-state index in [1.807, 2.05) is 43.7 Å². The summed E-state index contributed by atoms with van der Waals surface area (Å²) in [5.41, 5.74) is 2.32. The molecule has 0 radical (unpaired) electrons. The maximum Gasteiger partial charge on any atom is 0.224 e. The van der Waals surface area contributed by atoms with Crippen LogP contribution in [0, 0.1) is 0 Å². The summed E-state index contributed by atoms with van der Waals surface area (Å²) in [6.07, 6.45) is 5.73. The van der Waals surface area contributed by atoms with E-state index in [0.717, 1.165) is 50.9 Å². The summed E-state index contributed by atoms with van der Waals surface area (Å²) < 4.78 is 0. The molecule has 0 unspecified atom stereocenters. The minimum Gasteiger partial charge on any atom is -0.347 e. The molecule has 0 atom stereocenters. The topological polar surface area (TPSA) is 48.4 Å². The zero-order valence-corrected chi connectivity index (χ0v) is 13.9. The van der Waals surface area contributed by atoms with Crippen molar-refractivity contribution >= 4 is 5.95 Å². The van der Waals surface area contributed by atoms with Gasteiger partial charge in [0.05, 0.1) is 5.69 Å². The molecule has 1 aliphatic heterocycles. The van der Waals surface area contributed by atoms with Gasteiger partial charge in [-0.2, -0.15) is 0 Å². The van der Waals surface area contributed by atoms with E-state index in [0.29, 0.717) is 0 Å². The average molecular weight is 312 g/mol. The Morgan fingerprint density at radius 3 is 2.13 bits per heavy atom. The van der Waals surface area contributed by atoms with Gasteiger partial charge < -0.3 is 4.90 Å². The Balaban J connectivity index is 1.47. The summed E-state index contributed by atoms with van der Waals surface area (Å²) in [5.74, 6) is 0.758. The van der Waals surface area contributed by atoms with Crippen molar-refractivity contribution in [3.05, 3.63) is 48.0 Å². The van der Waals surface area contributed by atoms with Crippen LogP contribution < -0.4 is 4.90 Å². The molecule has 0 aliphatic carbocycles. The van der Waals surface area contributed by atoms with Crippen molar-refractivity contribution in [2.24, 2.45) is 0 Å². The van der Waals surface area contributed by atoms with E-state index in [1.54, 1.807) is 0 Å². The monoisotopic (exact) mass is 312 g/mol. The Kier molecular flexibility index (Phi) is 5.15. The van der Waals surface area contributed by atoms with Gasteiger partial charge in [0.1, 0.15) is 0 Å². The van der Waals surface area contributed by atoms with Crippen LogP contribution in [0.5, 0.6) is 0 Å². The van der Waals surface area contributed by atoms with Crippen molar-refractivity contribution in [2.45, 2.75) is 13.1 Å². The first kappa shape index (κ1) is 15.8. The molecule has 0 aromatic carbocycles. The number of anilines is 1. The van der Waals surface area contributed by atoms with Crippen LogP contribution in [0.1, 0.15) is 11.3 Å². The Labute approximate surface area is 137 Å². The van der Waals surface area contributed by atoms with Crippen LogP contribution in [0.4, 0.5) is 5.95 Å². The van der Waals surface area contributed by atoms with E-state index in [2.05, 4.69) is 36.9 Å². The number of hydrogen-bond donors (Lipinski definition) is 0. The lowest BCUT2D eigenvalue weighted by Crippen LogP contribution is -2.45. The van der Waals surface area contributed by atoms with Crippen molar-refractivity contribution in [3.63, 3.8) is 0 Å². The highest BCUT2D eigenvalue weighted by atomic mass is 15.3. The second-order valence-electron chi connectivity index (χ2n) is 6.16. The molecule has 23 heavy (non-hydrogen) atoms. The number of piperazine rings is 1. The summed E-state index contributed by atoms with van der Waals surface area (Å²) in [4.78, 5) is 20.0. The predicted octanol–water partition coefficient (Wildman–Crippen LogP) is 1.26. The molecule has 0 N–H and O–H groups in total. The highest BCUT2D eigenvalue weighted by Crippen LogP contribution is 2.11. The van der Waals surface area contributed by atoms with E-state index in [1.165, 1.54) is 5.56 Å². The Hall–Kier alpha value is -2.05. The van der Waals surface area contributed by atoms with Gasteiger partial charge in [-0.05, 0) is 12.1 Å². The molecule has 3 rings (SSSR count). The first-order valence-corrected chi connectivity index (χ1v) is 8.03. The first-order chi connectivity index (χ1) is 11.2. The molecule has 122 valence electrons. The fourth-order valence-electron chi connectivity index (χ4n) is 2.75. The molecule has 3 heterocycles. The van der Waals surface area contributed by atoms with Crippen LogP contribution in [0.3, 0.4) is 0 Å². The maximum atomic E-state index is 4.41. The zero-order valence-electron chi connectivity index (χ0n) is 13.9. The van der Waals surface area contributed by atoms with E-state index in [4.69, 9.17) is 0 Å². The Morgan fingerprint density at radius 1 is 0.913 bits per heavy atom. The maximum absolute atomic E-state index is 4.41. The highest BCUT2D eigenvalue weighted by molar-refractivity contribution is 5.26. The molecule has 0 saturated carbocycles. The van der Waals surface area contributed by atoms with Crippen molar-refractivity contribution in [2.75, 3.05) is 45.2 Å². The Bertz CT molecular complexity index is 590. The molecule has 6 heteroatoms. The summed E-state index contributed by atoms with van der Waals surface area (Å²) in [7, 11) is 3.91. The number of rotatable bonds is 5. The van der Waals surface area contributed by atoms with Gasteiger partial charge in [-0.3, -0.25) is 14.8 Å². The van der Waals surface area contributed by atoms with Gasteiger partial charge in [-0.25, -0.2) is 9.97 Å². The second-order valence-corrected chi connectivity index (χ2v) is 6.16. The fourth-order valence-corrected chi connectivity index (χ4v) is 2.75. The Morgan fingerprint density at radius 2 is 1.57 bits per heavy atom. The number of pyridine rings is 1. The molecule has 6 nitrogen and oxygen atoms in total. The van der Waals surface area contributed by atoms with Gasteiger partial charge in [-0.15, -0.1) is 0 Å². The third kappa shape index (κ3) is 4.46. The fraction of sp³-hybridized carbons (Fsp3) is 0.471. The molecular formula is C17H24N6. The van der Waals surface area contributed by atoms with Crippen LogP contribution in [0.15, 0.2) is 36.8 Å². The third-order valence-electron chi connectivity index (χ3n) is 4.07. The minimum atomic E-state index is 0.758. The van der Waals surface area contributed by atoms with E-state index in [9.17, 15) is 0 Å². The predicted molar refractivity (Wildman–Crippen MR) is 91.2 cm³/mol. The lowest BCUT2D eigenvalue weighted by atomic mass is 10.2. The third-order valence-corrected chi connectivity index (χ3v) is 4.07. The minimum absolute atomic E-state index is 0.758. The molecule has 2 aromatic rings. The van der Waals surface area contributed by atoms with Crippen LogP contribution in [-0.4, -0.2) is 65.0 Å². The van der Waals surface area contributed by atoms with Gasteiger partial charge >= 0.3 is 0 Å². The molecule has 0 bridgehead atoms. The molecule has 2 aromatic heterocycles. The summed E-state index contributed by atoms with van der Waals surface area (Å²) in [6.45, 7) is 6.16. The first-order valence-electron chi connectivity index (χ1n) is 8.03. The van der Waals surface area contributed by atoms with Gasteiger partial charge in [0.15, 0.2) is 0 Å². The van der Waals surface area contributed by atoms with Gasteiger partial charge in [0.25, 0.3) is 0 Å². The standard InChI is InChI=1S/C17H24N6/c1-21(2)17-19-11-15(12-20-17)13-22-7-9-23(10-8-22)14-16-5-3-4-6-18-16/h3-6,11-12H,7-10,13-14H2,1-2H3. The zero-order chi connectivity index (χ0) is 16.1. The molecule has 0 spiro atoms. The van der Waals surface area contributed by atoms with Crippen molar-refractivity contribution in [1.82, 2.24) is 24.8 Å².